The maximum Gasteiger partial charge on any atom is 0.273 e. The molecule has 3 aromatic carbocycles. The number of hydrogen-bond acceptors (Lipinski definition) is 4. The fourth-order valence-electron chi connectivity index (χ4n) is 2.55. The predicted octanol–water partition coefficient (Wildman–Crippen LogP) is 4.60. The summed E-state index contributed by atoms with van der Waals surface area (Å²) in [5.41, 5.74) is 6.23. The first kappa shape index (κ1) is 19.0. The first-order chi connectivity index (χ1) is 13.7. The largest absolute Gasteiger partial charge is 0.497 e. The molecule has 0 radical (unpaired) electrons. The molecule has 0 saturated carbocycles. The van der Waals surface area contributed by atoms with Crippen LogP contribution in [0.2, 0.25) is 0 Å². The van der Waals surface area contributed by atoms with Crippen molar-refractivity contribution in [3.63, 3.8) is 0 Å². The van der Waals surface area contributed by atoms with Gasteiger partial charge in [0, 0.05) is 6.21 Å². The van der Waals surface area contributed by atoms with E-state index in [0.717, 1.165) is 22.6 Å². The Hall–Kier alpha value is -3.73. The monoisotopic (exact) mass is 371 g/mol. The minimum absolute atomic E-state index is 0.308. The molecule has 1 amide bonds. The lowest BCUT2D eigenvalue weighted by molar-refractivity contribution is 0.0955. The summed E-state index contributed by atoms with van der Waals surface area (Å²) in [6, 6.07) is 24.4. The summed E-state index contributed by atoms with van der Waals surface area (Å²) in [5, 5.41) is 4.20. The Kier molecular flexibility index (Phi) is 6.31. The molecule has 0 aliphatic rings. The predicted molar refractivity (Wildman–Crippen MR) is 113 cm³/mol. The molecule has 0 aliphatic heterocycles. The molecule has 0 aromatic heterocycles. The average Bonchev–Trinajstić information content (AvgIpc) is 2.77. The van der Waals surface area contributed by atoms with E-state index in [-0.39, 0.29) is 5.91 Å². The second kappa shape index (κ2) is 9.28. The highest BCUT2D eigenvalue weighted by Crippen LogP contribution is 2.19. The van der Waals surface area contributed by atoms with Crippen molar-refractivity contribution in [2.24, 2.45) is 10.1 Å². The number of nitrogens with zero attached hydrogens (tertiary/aromatic N) is 2. The molecular formula is C23H21N3O2. The van der Waals surface area contributed by atoms with Gasteiger partial charge in [-0.3, -0.25) is 9.79 Å². The van der Waals surface area contributed by atoms with Gasteiger partial charge in [-0.1, -0.05) is 42.5 Å². The Labute approximate surface area is 164 Å². The summed E-state index contributed by atoms with van der Waals surface area (Å²) >= 11 is 0. The van der Waals surface area contributed by atoms with E-state index in [1.165, 1.54) is 0 Å². The van der Waals surface area contributed by atoms with Crippen molar-refractivity contribution in [1.29, 1.82) is 0 Å². The van der Waals surface area contributed by atoms with Gasteiger partial charge in [0.25, 0.3) is 5.91 Å². The van der Waals surface area contributed by atoms with Crippen molar-refractivity contribution >= 4 is 23.5 Å². The van der Waals surface area contributed by atoms with Crippen molar-refractivity contribution in [1.82, 2.24) is 5.43 Å². The third-order valence-corrected chi connectivity index (χ3v) is 4.13. The molecular weight excluding hydrogens is 350 g/mol. The molecule has 3 aromatic rings. The lowest BCUT2D eigenvalue weighted by Gasteiger charge is -2.05. The number of amides is 1. The highest BCUT2D eigenvalue weighted by molar-refractivity contribution is 6.02. The number of hydrogen-bond donors (Lipinski definition) is 1. The molecule has 3 rings (SSSR count). The lowest BCUT2D eigenvalue weighted by atomic mass is 10.1. The number of para-hydroxylation sites is 1. The van der Waals surface area contributed by atoms with Gasteiger partial charge < -0.3 is 4.74 Å². The molecule has 0 bridgehead atoms. The molecule has 0 unspecified atom stereocenters. The fraction of sp³-hybridized carbons (Fsp3) is 0.0870. The minimum Gasteiger partial charge on any atom is -0.497 e. The zero-order valence-corrected chi connectivity index (χ0v) is 15.8. The highest BCUT2D eigenvalue weighted by atomic mass is 16.5. The van der Waals surface area contributed by atoms with Gasteiger partial charge >= 0.3 is 0 Å². The molecule has 0 aliphatic carbocycles. The number of ether oxygens (including phenoxy) is 1. The smallest absolute Gasteiger partial charge is 0.273 e. The molecule has 0 heterocycles. The van der Waals surface area contributed by atoms with Crippen LogP contribution >= 0.6 is 0 Å². The molecule has 1 N–H and O–H groups in total. The maximum atomic E-state index is 12.6. The van der Waals surface area contributed by atoms with Crippen molar-refractivity contribution < 1.29 is 9.53 Å². The van der Waals surface area contributed by atoms with E-state index in [2.05, 4.69) is 15.5 Å². The molecule has 5 heteroatoms. The highest BCUT2D eigenvalue weighted by Gasteiger charge is 2.09. The number of carbonyl (C=O) groups is 1. The number of aliphatic imine (C=N–C) groups is 1. The van der Waals surface area contributed by atoms with E-state index >= 15 is 0 Å². The van der Waals surface area contributed by atoms with Gasteiger partial charge in [-0.15, -0.1) is 0 Å². The lowest BCUT2D eigenvalue weighted by Crippen LogP contribution is -2.19. The summed E-state index contributed by atoms with van der Waals surface area (Å²) in [7, 11) is 1.62. The average molecular weight is 371 g/mol. The van der Waals surface area contributed by atoms with Gasteiger partial charge in [-0.25, -0.2) is 5.43 Å². The third kappa shape index (κ3) is 4.92. The third-order valence-electron chi connectivity index (χ3n) is 4.13. The van der Waals surface area contributed by atoms with Crippen molar-refractivity contribution in [2.45, 2.75) is 6.92 Å². The fourth-order valence-corrected chi connectivity index (χ4v) is 2.55. The SMILES string of the molecule is COc1ccc(C=Nc2ccccc2C(=O)N/N=C(\C)c2ccccc2)cc1. The molecule has 0 fully saturated rings. The Morgan fingerprint density at radius 3 is 2.32 bits per heavy atom. The minimum atomic E-state index is -0.308. The topological polar surface area (TPSA) is 63.0 Å². The summed E-state index contributed by atoms with van der Waals surface area (Å²) < 4.78 is 5.15. The quantitative estimate of drug-likeness (QED) is 0.508. The Balaban J connectivity index is 1.75. The van der Waals surface area contributed by atoms with E-state index in [1.54, 1.807) is 31.5 Å². The summed E-state index contributed by atoms with van der Waals surface area (Å²) in [4.78, 5) is 17.1. The molecule has 28 heavy (non-hydrogen) atoms. The Morgan fingerprint density at radius 2 is 1.61 bits per heavy atom. The number of nitrogens with one attached hydrogen (secondary N) is 1. The summed E-state index contributed by atoms with van der Waals surface area (Å²) in [5.74, 6) is 0.473. The summed E-state index contributed by atoms with van der Waals surface area (Å²) in [6.07, 6.45) is 1.71. The van der Waals surface area contributed by atoms with E-state index in [0.29, 0.717) is 11.3 Å². The number of benzene rings is 3. The van der Waals surface area contributed by atoms with Crippen LogP contribution in [0.15, 0.2) is 89.0 Å². The van der Waals surface area contributed by atoms with Gasteiger partial charge in [0.1, 0.15) is 5.75 Å². The number of methoxy groups -OCH3 is 1. The van der Waals surface area contributed by atoms with E-state index in [1.807, 2.05) is 67.6 Å². The Morgan fingerprint density at radius 1 is 0.929 bits per heavy atom. The number of carbonyl (C=O) groups excluding carboxylic acids is 1. The van der Waals surface area contributed by atoms with Crippen LogP contribution in [0.4, 0.5) is 5.69 Å². The van der Waals surface area contributed by atoms with Crippen molar-refractivity contribution in [3.8, 4) is 5.75 Å². The standard InChI is InChI=1S/C23H21N3O2/c1-17(19-8-4-3-5-9-19)25-26-23(27)21-10-6-7-11-22(21)24-16-18-12-14-20(28-2)15-13-18/h3-16H,1-2H3,(H,26,27)/b24-16?,25-17+. The summed E-state index contributed by atoms with van der Waals surface area (Å²) in [6.45, 7) is 1.85. The van der Waals surface area contributed by atoms with Crippen LogP contribution in [0.25, 0.3) is 0 Å². The van der Waals surface area contributed by atoms with E-state index < -0.39 is 0 Å². The first-order valence-corrected chi connectivity index (χ1v) is 8.84. The van der Waals surface area contributed by atoms with Crippen LogP contribution in [-0.2, 0) is 0 Å². The molecule has 5 nitrogen and oxygen atoms in total. The van der Waals surface area contributed by atoms with Crippen molar-refractivity contribution in [2.75, 3.05) is 7.11 Å². The zero-order valence-electron chi connectivity index (χ0n) is 15.8. The number of rotatable bonds is 6. The Bertz CT molecular complexity index is 994. The van der Waals surface area contributed by atoms with Crippen LogP contribution in [-0.4, -0.2) is 24.9 Å². The maximum absolute atomic E-state index is 12.6. The molecule has 0 atom stereocenters. The van der Waals surface area contributed by atoms with E-state index in [9.17, 15) is 4.79 Å². The van der Waals surface area contributed by atoms with Gasteiger partial charge in [-0.2, -0.15) is 5.10 Å². The second-order valence-electron chi connectivity index (χ2n) is 6.05. The van der Waals surface area contributed by atoms with Gasteiger partial charge in [-0.05, 0) is 54.4 Å². The van der Waals surface area contributed by atoms with Crippen molar-refractivity contribution in [3.05, 3.63) is 95.6 Å². The van der Waals surface area contributed by atoms with Gasteiger partial charge in [0.15, 0.2) is 0 Å². The van der Waals surface area contributed by atoms with Gasteiger partial charge in [0.05, 0.1) is 24.1 Å². The zero-order chi connectivity index (χ0) is 19.8. The van der Waals surface area contributed by atoms with Crippen LogP contribution < -0.4 is 10.2 Å². The van der Waals surface area contributed by atoms with Gasteiger partial charge in [0.2, 0.25) is 0 Å². The van der Waals surface area contributed by atoms with Crippen LogP contribution in [0.5, 0.6) is 5.75 Å². The first-order valence-electron chi connectivity index (χ1n) is 8.84. The van der Waals surface area contributed by atoms with Crippen LogP contribution in [0.3, 0.4) is 0 Å². The van der Waals surface area contributed by atoms with E-state index in [4.69, 9.17) is 4.74 Å². The second-order valence-corrected chi connectivity index (χ2v) is 6.05. The molecule has 0 saturated heterocycles. The number of hydrazone groups is 1. The molecule has 0 spiro atoms. The molecule has 140 valence electrons. The normalized spacial score (nSPS) is 11.4. The van der Waals surface area contributed by atoms with Crippen LogP contribution in [0.1, 0.15) is 28.4 Å². The van der Waals surface area contributed by atoms with Crippen LogP contribution in [0, 0.1) is 0 Å².